The van der Waals surface area contributed by atoms with Crippen molar-refractivity contribution in [3.8, 4) is 5.75 Å². The van der Waals surface area contributed by atoms with Gasteiger partial charge in [0.1, 0.15) is 5.75 Å². The molecule has 1 aliphatic heterocycles. The van der Waals surface area contributed by atoms with Crippen LogP contribution in [0, 0.1) is 17.8 Å². The summed E-state index contributed by atoms with van der Waals surface area (Å²) in [6.45, 7) is 7.49. The fraction of sp³-hybridized carbons (Fsp3) is 0.652. The highest BCUT2D eigenvalue weighted by atomic mass is 16.5. The Kier molecular flexibility index (Phi) is 9.43. The zero-order valence-electron chi connectivity index (χ0n) is 18.7. The van der Waals surface area contributed by atoms with E-state index in [9.17, 15) is 14.7 Å². The molecule has 3 atom stereocenters. The Morgan fingerprint density at radius 2 is 2.07 bits per heavy atom. The number of aliphatic hydroxyl groups excluding tert-OH is 1. The number of methoxy groups -OCH3 is 1. The number of carbonyl (C=O) groups excluding carboxylic acids is 2. The molecule has 1 aromatic carbocycles. The summed E-state index contributed by atoms with van der Waals surface area (Å²) in [5, 5.41) is 15.4. The molecule has 7 nitrogen and oxygen atoms in total. The fourth-order valence-corrected chi connectivity index (χ4v) is 4.17. The van der Waals surface area contributed by atoms with Gasteiger partial charge in [-0.15, -0.1) is 0 Å². The van der Waals surface area contributed by atoms with Crippen LogP contribution in [0.1, 0.15) is 46.5 Å². The second-order valence-electron chi connectivity index (χ2n) is 8.61. The molecule has 168 valence electrons. The second-order valence-corrected chi connectivity index (χ2v) is 8.61. The summed E-state index contributed by atoms with van der Waals surface area (Å²) in [6, 6.07) is 6.99. The number of carbonyl (C=O) groups is 2. The molecule has 1 fully saturated rings. The third-order valence-corrected chi connectivity index (χ3v) is 5.81. The van der Waals surface area contributed by atoms with Gasteiger partial charge in [0, 0.05) is 31.3 Å². The molecule has 1 aliphatic rings. The van der Waals surface area contributed by atoms with Crippen LogP contribution in [0.5, 0.6) is 5.75 Å². The third-order valence-electron chi connectivity index (χ3n) is 5.81. The minimum atomic E-state index is -0.189. The minimum Gasteiger partial charge on any atom is -0.497 e. The van der Waals surface area contributed by atoms with Crippen molar-refractivity contribution in [3.05, 3.63) is 24.3 Å². The van der Waals surface area contributed by atoms with Crippen molar-refractivity contribution in [2.75, 3.05) is 32.1 Å². The lowest BCUT2D eigenvalue weighted by Gasteiger charge is -2.38. The summed E-state index contributed by atoms with van der Waals surface area (Å²) in [5.74, 6) is 1.62. The van der Waals surface area contributed by atoms with E-state index in [4.69, 9.17) is 4.74 Å². The van der Waals surface area contributed by atoms with E-state index in [2.05, 4.69) is 31.4 Å². The number of nitrogens with zero attached hydrogens (tertiary/aromatic N) is 1. The second kappa shape index (κ2) is 11.8. The van der Waals surface area contributed by atoms with Crippen LogP contribution in [0.15, 0.2) is 24.3 Å². The van der Waals surface area contributed by atoms with Crippen molar-refractivity contribution in [3.63, 3.8) is 0 Å². The Morgan fingerprint density at radius 3 is 2.70 bits per heavy atom. The molecule has 1 saturated heterocycles. The first-order valence-corrected chi connectivity index (χ1v) is 11.0. The van der Waals surface area contributed by atoms with E-state index >= 15 is 0 Å². The maximum absolute atomic E-state index is 12.7. The zero-order chi connectivity index (χ0) is 22.1. The number of nitrogens with one attached hydrogen (secondary N) is 2. The molecule has 0 radical (unpaired) electrons. The van der Waals surface area contributed by atoms with E-state index in [0.29, 0.717) is 36.9 Å². The number of ether oxygens (including phenoxy) is 1. The summed E-state index contributed by atoms with van der Waals surface area (Å²) in [7, 11) is 1.60. The van der Waals surface area contributed by atoms with Crippen molar-refractivity contribution in [1.82, 2.24) is 10.2 Å². The van der Waals surface area contributed by atoms with Gasteiger partial charge in [0.15, 0.2) is 0 Å². The number of piperidine rings is 1. The van der Waals surface area contributed by atoms with Crippen molar-refractivity contribution in [2.24, 2.45) is 17.8 Å². The first-order valence-electron chi connectivity index (χ1n) is 11.0. The molecule has 1 aromatic rings. The van der Waals surface area contributed by atoms with Gasteiger partial charge in [-0.1, -0.05) is 33.3 Å². The Bertz CT molecular complexity index is 695. The molecule has 0 aromatic heterocycles. The predicted octanol–water partition coefficient (Wildman–Crippen LogP) is 3.49. The maximum Gasteiger partial charge on any atom is 0.321 e. The molecular formula is C23H37N3O4. The lowest BCUT2D eigenvalue weighted by molar-refractivity contribution is -0.124. The molecule has 0 saturated carbocycles. The van der Waals surface area contributed by atoms with E-state index < -0.39 is 0 Å². The molecule has 0 aliphatic carbocycles. The maximum atomic E-state index is 12.7. The Labute approximate surface area is 180 Å². The fourth-order valence-electron chi connectivity index (χ4n) is 4.17. The molecule has 3 amide bonds. The van der Waals surface area contributed by atoms with Gasteiger partial charge in [-0.05, 0) is 42.7 Å². The number of rotatable bonds is 9. The van der Waals surface area contributed by atoms with E-state index in [1.807, 2.05) is 23.1 Å². The van der Waals surface area contributed by atoms with E-state index in [-0.39, 0.29) is 36.4 Å². The van der Waals surface area contributed by atoms with Gasteiger partial charge < -0.3 is 25.4 Å². The van der Waals surface area contributed by atoms with E-state index in [0.717, 1.165) is 19.3 Å². The van der Waals surface area contributed by atoms with Crippen LogP contribution in [0.3, 0.4) is 0 Å². The van der Waals surface area contributed by atoms with Crippen molar-refractivity contribution in [1.29, 1.82) is 0 Å². The number of hydrogen-bond acceptors (Lipinski definition) is 4. The summed E-state index contributed by atoms with van der Waals surface area (Å²) in [4.78, 5) is 27.1. The van der Waals surface area contributed by atoms with Gasteiger partial charge in [0.25, 0.3) is 0 Å². The summed E-state index contributed by atoms with van der Waals surface area (Å²) >= 11 is 0. The molecule has 2 rings (SSSR count). The molecule has 3 N–H and O–H groups in total. The number of hydrogen-bond donors (Lipinski definition) is 3. The lowest BCUT2D eigenvalue weighted by atomic mass is 9.81. The van der Waals surface area contributed by atoms with Crippen LogP contribution < -0.4 is 15.4 Å². The number of urea groups is 1. The zero-order valence-corrected chi connectivity index (χ0v) is 18.7. The first-order chi connectivity index (χ1) is 14.4. The smallest absolute Gasteiger partial charge is 0.321 e. The van der Waals surface area contributed by atoms with E-state index in [1.165, 1.54) is 0 Å². The number of aliphatic hydroxyl groups is 1. The Hall–Kier alpha value is -2.28. The summed E-state index contributed by atoms with van der Waals surface area (Å²) < 4.78 is 5.21. The SMILES string of the molecule is CC[C@@H]1CN(C(=O)Nc2cccc(OC)c2)CC[C@H]1CC(=O)N[C@@H](CO)CC(C)C. The van der Waals surface area contributed by atoms with Gasteiger partial charge >= 0.3 is 6.03 Å². The van der Waals surface area contributed by atoms with Gasteiger partial charge in [0.05, 0.1) is 19.8 Å². The van der Waals surface area contributed by atoms with E-state index in [1.54, 1.807) is 13.2 Å². The molecule has 30 heavy (non-hydrogen) atoms. The van der Waals surface area contributed by atoms with Crippen molar-refractivity contribution in [2.45, 2.75) is 52.5 Å². The lowest BCUT2D eigenvalue weighted by Crippen LogP contribution is -2.47. The minimum absolute atomic E-state index is 0.00701. The number of likely N-dealkylation sites (tertiary alicyclic amines) is 1. The molecular weight excluding hydrogens is 382 g/mol. The number of benzene rings is 1. The first kappa shape index (κ1) is 24.0. The quantitative estimate of drug-likeness (QED) is 0.571. The van der Waals surface area contributed by atoms with Gasteiger partial charge in [0.2, 0.25) is 5.91 Å². The van der Waals surface area contributed by atoms with Crippen LogP contribution >= 0.6 is 0 Å². The van der Waals surface area contributed by atoms with Crippen LogP contribution in [-0.4, -0.2) is 54.8 Å². The largest absolute Gasteiger partial charge is 0.497 e. The predicted molar refractivity (Wildman–Crippen MR) is 119 cm³/mol. The number of amides is 3. The van der Waals surface area contributed by atoms with Crippen LogP contribution in [0.4, 0.5) is 10.5 Å². The Balaban J connectivity index is 1.89. The standard InChI is InChI=1S/C23H37N3O4/c1-5-17-14-26(23(29)25-19-7-6-8-21(13-19)30-4)10-9-18(17)12-22(28)24-20(15-27)11-16(2)3/h6-8,13,16-18,20,27H,5,9-12,14-15H2,1-4H3,(H,24,28)(H,25,29)/t17-,18+,20-/m1/s1. The van der Waals surface area contributed by atoms with Gasteiger partial charge in [-0.2, -0.15) is 0 Å². The molecule has 7 heteroatoms. The summed E-state index contributed by atoms with van der Waals surface area (Å²) in [5.41, 5.74) is 0.703. The molecule has 0 spiro atoms. The molecule has 0 bridgehead atoms. The van der Waals surface area contributed by atoms with Gasteiger partial charge in [-0.3, -0.25) is 4.79 Å². The van der Waals surface area contributed by atoms with Crippen LogP contribution in [-0.2, 0) is 4.79 Å². The average molecular weight is 420 g/mol. The highest BCUT2D eigenvalue weighted by Crippen LogP contribution is 2.29. The summed E-state index contributed by atoms with van der Waals surface area (Å²) in [6.07, 6.45) is 2.92. The van der Waals surface area contributed by atoms with Crippen LogP contribution in [0.2, 0.25) is 0 Å². The molecule has 0 unspecified atom stereocenters. The van der Waals surface area contributed by atoms with Crippen LogP contribution in [0.25, 0.3) is 0 Å². The highest BCUT2D eigenvalue weighted by molar-refractivity contribution is 5.89. The monoisotopic (exact) mass is 419 g/mol. The number of anilines is 1. The third kappa shape index (κ3) is 7.20. The van der Waals surface area contributed by atoms with Crippen molar-refractivity contribution >= 4 is 17.6 Å². The average Bonchev–Trinajstić information content (AvgIpc) is 2.73. The Morgan fingerprint density at radius 1 is 1.30 bits per heavy atom. The normalized spacial score (nSPS) is 20.0. The molecule has 1 heterocycles. The highest BCUT2D eigenvalue weighted by Gasteiger charge is 2.32. The topological polar surface area (TPSA) is 90.9 Å². The van der Waals surface area contributed by atoms with Gasteiger partial charge in [-0.25, -0.2) is 4.79 Å². The van der Waals surface area contributed by atoms with Crippen molar-refractivity contribution < 1.29 is 19.4 Å².